The molecule has 3 heteroatoms. The molecule has 25 heavy (non-hydrogen) atoms. The molecule has 0 unspecified atom stereocenters. The minimum Gasteiger partial charge on any atom is -0.345 e. The summed E-state index contributed by atoms with van der Waals surface area (Å²) in [5, 5.41) is 3.76. The van der Waals surface area contributed by atoms with E-state index in [4.69, 9.17) is 0 Å². The number of aromatic nitrogens is 2. The predicted molar refractivity (Wildman–Crippen MR) is 104 cm³/mol. The van der Waals surface area contributed by atoms with E-state index in [1.165, 1.54) is 42.4 Å². The zero-order valence-corrected chi connectivity index (χ0v) is 15.2. The first-order valence-corrected chi connectivity index (χ1v) is 9.35. The topological polar surface area (TPSA) is 40.7 Å². The number of rotatable bonds is 4. The highest BCUT2D eigenvalue weighted by Gasteiger charge is 2.27. The SMILES string of the molecule is CC1(C)CCC[C@@H](NCc2ccc(-c3ccc4nc[nH]c4c3)cc2)C1. The monoisotopic (exact) mass is 333 g/mol. The lowest BCUT2D eigenvalue weighted by molar-refractivity contribution is 0.198. The summed E-state index contributed by atoms with van der Waals surface area (Å²) in [6.07, 6.45) is 7.05. The van der Waals surface area contributed by atoms with E-state index in [0.717, 1.165) is 17.6 Å². The molecule has 130 valence electrons. The van der Waals surface area contributed by atoms with Crippen LogP contribution in [-0.2, 0) is 6.54 Å². The third-order valence-corrected chi connectivity index (χ3v) is 5.51. The lowest BCUT2D eigenvalue weighted by atomic mass is 9.75. The van der Waals surface area contributed by atoms with E-state index in [1.807, 2.05) is 0 Å². The first-order chi connectivity index (χ1) is 12.1. The maximum absolute atomic E-state index is 4.28. The molecule has 0 bridgehead atoms. The molecular formula is C22H27N3. The molecule has 1 fully saturated rings. The highest BCUT2D eigenvalue weighted by atomic mass is 14.9. The standard InChI is InChI=1S/C22H27N3/c1-22(2)11-3-4-19(13-22)23-14-16-5-7-17(8-6-16)18-9-10-20-21(12-18)25-15-24-20/h5-10,12,15,19,23H,3-4,11,13-14H2,1-2H3,(H,24,25)/t19-/m1/s1. The number of fused-ring (bicyclic) bond motifs is 1. The van der Waals surface area contributed by atoms with Gasteiger partial charge in [-0.3, -0.25) is 0 Å². The van der Waals surface area contributed by atoms with Crippen molar-refractivity contribution in [3.05, 3.63) is 54.4 Å². The Kier molecular flexibility index (Phi) is 4.34. The summed E-state index contributed by atoms with van der Waals surface area (Å²) in [7, 11) is 0. The van der Waals surface area contributed by atoms with E-state index >= 15 is 0 Å². The van der Waals surface area contributed by atoms with E-state index in [2.05, 4.69) is 71.6 Å². The molecule has 1 heterocycles. The molecule has 1 aromatic heterocycles. The van der Waals surface area contributed by atoms with Crippen LogP contribution in [0.4, 0.5) is 0 Å². The van der Waals surface area contributed by atoms with E-state index < -0.39 is 0 Å². The van der Waals surface area contributed by atoms with Gasteiger partial charge in [0.1, 0.15) is 0 Å². The van der Waals surface area contributed by atoms with Crippen LogP contribution in [0.25, 0.3) is 22.2 Å². The van der Waals surface area contributed by atoms with Crippen molar-refractivity contribution in [3.8, 4) is 11.1 Å². The van der Waals surface area contributed by atoms with Crippen LogP contribution in [-0.4, -0.2) is 16.0 Å². The quantitative estimate of drug-likeness (QED) is 0.681. The number of imidazole rings is 1. The average Bonchev–Trinajstić information content (AvgIpc) is 3.07. The maximum atomic E-state index is 4.28. The fourth-order valence-corrected chi connectivity index (χ4v) is 4.06. The van der Waals surface area contributed by atoms with Crippen LogP contribution < -0.4 is 5.32 Å². The van der Waals surface area contributed by atoms with Crippen molar-refractivity contribution in [2.75, 3.05) is 0 Å². The van der Waals surface area contributed by atoms with Gasteiger partial charge < -0.3 is 10.3 Å². The van der Waals surface area contributed by atoms with Crippen molar-refractivity contribution in [2.24, 2.45) is 5.41 Å². The highest BCUT2D eigenvalue weighted by molar-refractivity contribution is 5.81. The van der Waals surface area contributed by atoms with E-state index in [0.29, 0.717) is 11.5 Å². The van der Waals surface area contributed by atoms with Crippen molar-refractivity contribution in [1.82, 2.24) is 15.3 Å². The largest absolute Gasteiger partial charge is 0.345 e. The van der Waals surface area contributed by atoms with Gasteiger partial charge in [-0.2, -0.15) is 0 Å². The Morgan fingerprint density at radius 1 is 1.12 bits per heavy atom. The fraction of sp³-hybridized carbons (Fsp3) is 0.409. The zero-order valence-electron chi connectivity index (χ0n) is 15.2. The molecule has 0 radical (unpaired) electrons. The van der Waals surface area contributed by atoms with E-state index in [1.54, 1.807) is 6.33 Å². The molecule has 0 aliphatic heterocycles. The molecule has 0 saturated heterocycles. The van der Waals surface area contributed by atoms with Crippen molar-refractivity contribution in [3.63, 3.8) is 0 Å². The van der Waals surface area contributed by atoms with Crippen LogP contribution in [0, 0.1) is 5.41 Å². The summed E-state index contributed by atoms with van der Waals surface area (Å²) in [5.74, 6) is 0. The zero-order chi connectivity index (χ0) is 17.3. The van der Waals surface area contributed by atoms with Crippen molar-refractivity contribution in [2.45, 2.75) is 52.1 Å². The normalized spacial score (nSPS) is 20.0. The second kappa shape index (κ2) is 6.64. The number of benzene rings is 2. The van der Waals surface area contributed by atoms with Crippen LogP contribution in [0.2, 0.25) is 0 Å². The number of hydrogen-bond acceptors (Lipinski definition) is 2. The Hall–Kier alpha value is -2.13. The van der Waals surface area contributed by atoms with Gasteiger partial charge in [0.15, 0.2) is 0 Å². The predicted octanol–water partition coefficient (Wildman–Crippen LogP) is 5.29. The van der Waals surface area contributed by atoms with Gasteiger partial charge in [-0.15, -0.1) is 0 Å². The number of nitrogens with zero attached hydrogens (tertiary/aromatic N) is 1. The number of hydrogen-bond donors (Lipinski definition) is 2. The van der Waals surface area contributed by atoms with Gasteiger partial charge in [0.2, 0.25) is 0 Å². The molecule has 1 saturated carbocycles. The Bertz CT molecular complexity index is 845. The Labute approximate surface area is 149 Å². The third-order valence-electron chi connectivity index (χ3n) is 5.51. The summed E-state index contributed by atoms with van der Waals surface area (Å²) in [6, 6.07) is 16.0. The van der Waals surface area contributed by atoms with Gasteiger partial charge in [0.05, 0.1) is 17.4 Å². The van der Waals surface area contributed by atoms with Crippen LogP contribution in [0.3, 0.4) is 0 Å². The number of nitrogens with one attached hydrogen (secondary N) is 2. The summed E-state index contributed by atoms with van der Waals surface area (Å²) < 4.78 is 0. The molecule has 2 aromatic carbocycles. The van der Waals surface area contributed by atoms with Gasteiger partial charge in [-0.25, -0.2) is 4.98 Å². The second-order valence-corrected chi connectivity index (χ2v) is 8.17. The van der Waals surface area contributed by atoms with Gasteiger partial charge in [-0.05, 0) is 53.5 Å². The van der Waals surface area contributed by atoms with E-state index in [9.17, 15) is 0 Å². The maximum Gasteiger partial charge on any atom is 0.0931 e. The molecule has 1 aliphatic rings. The fourth-order valence-electron chi connectivity index (χ4n) is 4.06. The van der Waals surface area contributed by atoms with Gasteiger partial charge in [0.25, 0.3) is 0 Å². The lowest BCUT2D eigenvalue weighted by Gasteiger charge is -2.35. The Morgan fingerprint density at radius 2 is 1.92 bits per heavy atom. The van der Waals surface area contributed by atoms with E-state index in [-0.39, 0.29) is 0 Å². The molecule has 1 aliphatic carbocycles. The van der Waals surface area contributed by atoms with Gasteiger partial charge in [-0.1, -0.05) is 50.6 Å². The first kappa shape index (κ1) is 16.3. The lowest BCUT2D eigenvalue weighted by Crippen LogP contribution is -2.36. The summed E-state index contributed by atoms with van der Waals surface area (Å²) in [4.78, 5) is 7.47. The molecule has 1 atom stereocenters. The molecular weight excluding hydrogens is 306 g/mol. The molecule has 0 spiro atoms. The minimum absolute atomic E-state index is 0.491. The molecule has 4 rings (SSSR count). The highest BCUT2D eigenvalue weighted by Crippen LogP contribution is 2.35. The summed E-state index contributed by atoms with van der Waals surface area (Å²) in [5.41, 5.74) is 6.42. The molecule has 2 N–H and O–H groups in total. The van der Waals surface area contributed by atoms with Crippen molar-refractivity contribution >= 4 is 11.0 Å². The molecule has 0 amide bonds. The van der Waals surface area contributed by atoms with Crippen LogP contribution in [0.5, 0.6) is 0 Å². The summed E-state index contributed by atoms with van der Waals surface area (Å²) in [6.45, 7) is 5.75. The Balaban J connectivity index is 1.41. The second-order valence-electron chi connectivity index (χ2n) is 8.17. The average molecular weight is 333 g/mol. The molecule has 3 aromatic rings. The number of aromatic amines is 1. The summed E-state index contributed by atoms with van der Waals surface area (Å²) >= 11 is 0. The first-order valence-electron chi connectivity index (χ1n) is 9.35. The van der Waals surface area contributed by atoms with Crippen molar-refractivity contribution in [1.29, 1.82) is 0 Å². The molecule has 3 nitrogen and oxygen atoms in total. The Morgan fingerprint density at radius 3 is 2.72 bits per heavy atom. The van der Waals surface area contributed by atoms with Crippen molar-refractivity contribution < 1.29 is 0 Å². The van der Waals surface area contributed by atoms with Crippen LogP contribution in [0.1, 0.15) is 45.1 Å². The minimum atomic E-state index is 0.491. The van der Waals surface area contributed by atoms with Gasteiger partial charge in [0, 0.05) is 12.6 Å². The third kappa shape index (κ3) is 3.77. The smallest absolute Gasteiger partial charge is 0.0931 e. The number of H-pyrrole nitrogens is 1. The van der Waals surface area contributed by atoms with Crippen LogP contribution in [0.15, 0.2) is 48.8 Å². The van der Waals surface area contributed by atoms with Gasteiger partial charge >= 0.3 is 0 Å². The van der Waals surface area contributed by atoms with Crippen LogP contribution >= 0.6 is 0 Å².